The third-order valence-electron chi connectivity index (χ3n) is 6.74. The summed E-state index contributed by atoms with van der Waals surface area (Å²) in [5, 5.41) is 3.55. The number of alkyl halides is 2. The van der Waals surface area contributed by atoms with Gasteiger partial charge in [-0.3, -0.25) is 9.59 Å². The van der Waals surface area contributed by atoms with Crippen molar-refractivity contribution >= 4 is 34.7 Å². The number of amides is 2. The van der Waals surface area contributed by atoms with E-state index in [0.717, 1.165) is 22.1 Å². The van der Waals surface area contributed by atoms with Gasteiger partial charge in [-0.15, -0.1) is 6.42 Å². The maximum Gasteiger partial charge on any atom is 0.253 e. The fraction of sp³-hybridized carbons (Fsp3) is 0.194. The number of nitrogens with zero attached hydrogens (tertiary/aromatic N) is 2. The van der Waals surface area contributed by atoms with Crippen molar-refractivity contribution in [3.8, 4) is 23.5 Å². The average Bonchev–Trinajstić information content (AvgIpc) is 3.38. The topological polar surface area (TPSA) is 101 Å². The highest BCUT2D eigenvalue weighted by molar-refractivity contribution is 5.95. The number of likely N-dealkylation sites (tertiary alicyclic amines) is 1. The van der Waals surface area contributed by atoms with Crippen LogP contribution < -0.4 is 11.1 Å². The summed E-state index contributed by atoms with van der Waals surface area (Å²) in [7, 11) is 0. The summed E-state index contributed by atoms with van der Waals surface area (Å²) >= 11 is 0. The molecule has 202 valence electrons. The van der Waals surface area contributed by atoms with Crippen molar-refractivity contribution in [2.24, 2.45) is 0 Å². The molecule has 40 heavy (non-hydrogen) atoms. The summed E-state index contributed by atoms with van der Waals surface area (Å²) in [6.07, 6.45) is 9.72. The van der Waals surface area contributed by atoms with Crippen LogP contribution in [0.2, 0.25) is 0 Å². The number of carbonyl (C=O) groups excluding carboxylic acids is 2. The Morgan fingerprint density at radius 3 is 2.52 bits per heavy atom. The molecule has 0 aliphatic carbocycles. The summed E-state index contributed by atoms with van der Waals surface area (Å²) in [5.41, 5.74) is 9.50. The normalized spacial score (nSPS) is 14.8. The van der Waals surface area contributed by atoms with Crippen LogP contribution in [0.15, 0.2) is 71.3 Å². The number of rotatable bonds is 6. The lowest BCUT2D eigenvalue weighted by atomic mass is 9.99. The molecule has 9 heteroatoms. The minimum absolute atomic E-state index is 0.0371. The van der Waals surface area contributed by atoms with Gasteiger partial charge in [0, 0.05) is 49.2 Å². The second-order valence-corrected chi connectivity index (χ2v) is 9.59. The van der Waals surface area contributed by atoms with Gasteiger partial charge in [-0.1, -0.05) is 18.1 Å². The number of anilines is 1. The molecule has 0 saturated carbocycles. The summed E-state index contributed by atoms with van der Waals surface area (Å²) in [6, 6.07) is 15.9. The van der Waals surface area contributed by atoms with Gasteiger partial charge in [0.15, 0.2) is 0 Å². The van der Waals surface area contributed by atoms with Gasteiger partial charge in [-0.05, 0) is 65.2 Å². The van der Waals surface area contributed by atoms with Gasteiger partial charge in [-0.2, -0.15) is 0 Å². The van der Waals surface area contributed by atoms with Crippen LogP contribution in [0.25, 0.3) is 28.2 Å². The molecule has 4 aromatic rings. The number of halogens is 2. The third kappa shape index (κ3) is 6.02. The monoisotopic (exact) mass is 540 g/mol. The molecule has 2 aromatic carbocycles. The molecule has 2 aromatic heterocycles. The van der Waals surface area contributed by atoms with E-state index in [4.69, 9.17) is 16.6 Å². The number of aromatic nitrogens is 1. The van der Waals surface area contributed by atoms with Gasteiger partial charge in [0.1, 0.15) is 17.2 Å². The number of nitrogens with one attached hydrogen (secondary N) is 1. The minimum atomic E-state index is -2.71. The van der Waals surface area contributed by atoms with Gasteiger partial charge in [0.2, 0.25) is 5.91 Å². The first-order chi connectivity index (χ1) is 19.2. The second-order valence-electron chi connectivity index (χ2n) is 9.59. The zero-order valence-electron chi connectivity index (χ0n) is 21.5. The predicted molar refractivity (Wildman–Crippen MR) is 149 cm³/mol. The zero-order chi connectivity index (χ0) is 28.3. The van der Waals surface area contributed by atoms with Crippen LogP contribution in [-0.2, 0) is 11.3 Å². The quantitative estimate of drug-likeness (QED) is 0.257. The SMILES string of the molecule is C#Cc1cc(-c2ccc(C(=O)N3CCC(F)(F)CC3)cc2)cc2cc(CNC(=O)/C=C/c3ccc(N)nc3)oc12. The molecular weight excluding hydrogens is 514 g/mol. The molecule has 0 atom stereocenters. The van der Waals surface area contributed by atoms with Crippen molar-refractivity contribution in [1.82, 2.24) is 15.2 Å². The first-order valence-corrected chi connectivity index (χ1v) is 12.7. The number of nitrogen functional groups attached to an aromatic ring is 1. The van der Waals surface area contributed by atoms with E-state index in [-0.39, 0.29) is 44.3 Å². The molecule has 0 radical (unpaired) electrons. The molecule has 2 amide bonds. The van der Waals surface area contributed by atoms with Crippen molar-refractivity contribution < 1.29 is 22.8 Å². The number of hydrogen-bond acceptors (Lipinski definition) is 5. The van der Waals surface area contributed by atoms with Crippen molar-refractivity contribution in [2.45, 2.75) is 25.3 Å². The highest BCUT2D eigenvalue weighted by Gasteiger charge is 2.35. The van der Waals surface area contributed by atoms with Gasteiger partial charge in [0.05, 0.1) is 12.1 Å². The number of fused-ring (bicyclic) bond motifs is 1. The molecule has 3 N–H and O–H groups in total. The van der Waals surface area contributed by atoms with Gasteiger partial charge in [-0.25, -0.2) is 13.8 Å². The number of carbonyl (C=O) groups is 2. The Labute approximate surface area is 229 Å². The van der Waals surface area contributed by atoms with E-state index < -0.39 is 5.92 Å². The first kappa shape index (κ1) is 26.6. The Balaban J connectivity index is 1.28. The van der Waals surface area contributed by atoms with Gasteiger partial charge < -0.3 is 20.4 Å². The van der Waals surface area contributed by atoms with Crippen molar-refractivity contribution in [1.29, 1.82) is 0 Å². The number of hydrogen-bond donors (Lipinski definition) is 2. The highest BCUT2D eigenvalue weighted by atomic mass is 19.3. The number of nitrogens with two attached hydrogens (primary N) is 1. The van der Waals surface area contributed by atoms with Crippen molar-refractivity contribution in [3.63, 3.8) is 0 Å². The van der Waals surface area contributed by atoms with Crippen LogP contribution >= 0.6 is 0 Å². The average molecular weight is 541 g/mol. The Kier molecular flexibility index (Phi) is 7.34. The zero-order valence-corrected chi connectivity index (χ0v) is 21.5. The van der Waals surface area contributed by atoms with Crippen LogP contribution in [0.1, 0.15) is 40.1 Å². The lowest BCUT2D eigenvalue weighted by molar-refractivity contribution is -0.116. The molecule has 1 fully saturated rings. The standard InChI is InChI=1S/C31H26F2N4O3/c1-2-21-15-24(22-5-7-23(8-6-22)30(39)37-13-11-31(32,33)12-14-37)16-25-17-26(40-29(21)25)19-36-28(38)10-4-20-3-9-27(34)35-18-20/h1,3-10,15-18H,11-14,19H2,(H2,34,35)(H,36,38)/b10-4+. The largest absolute Gasteiger partial charge is 0.458 e. The predicted octanol–water partition coefficient (Wildman–Crippen LogP) is 5.26. The van der Waals surface area contributed by atoms with E-state index in [0.29, 0.717) is 28.3 Å². The van der Waals surface area contributed by atoms with Crippen LogP contribution in [0.5, 0.6) is 0 Å². The molecule has 0 spiro atoms. The van der Waals surface area contributed by atoms with E-state index in [9.17, 15) is 18.4 Å². The summed E-state index contributed by atoms with van der Waals surface area (Å²) in [5.74, 6) is 0.314. The molecular formula is C31H26F2N4O3. The molecule has 5 rings (SSSR count). The Morgan fingerprint density at radius 1 is 1.10 bits per heavy atom. The summed E-state index contributed by atoms with van der Waals surface area (Å²) < 4.78 is 32.8. The van der Waals surface area contributed by atoms with Gasteiger partial charge in [0.25, 0.3) is 11.8 Å². The third-order valence-corrected chi connectivity index (χ3v) is 6.74. The van der Waals surface area contributed by atoms with E-state index >= 15 is 0 Å². The van der Waals surface area contributed by atoms with Gasteiger partial charge >= 0.3 is 0 Å². The smallest absolute Gasteiger partial charge is 0.253 e. The summed E-state index contributed by atoms with van der Waals surface area (Å²) in [6.45, 7) is 0.237. The van der Waals surface area contributed by atoms with E-state index in [2.05, 4.69) is 16.2 Å². The first-order valence-electron chi connectivity index (χ1n) is 12.7. The molecule has 3 heterocycles. The number of pyridine rings is 1. The molecule has 1 saturated heterocycles. The van der Waals surface area contributed by atoms with Crippen molar-refractivity contribution in [2.75, 3.05) is 18.8 Å². The Morgan fingerprint density at radius 2 is 1.85 bits per heavy atom. The molecule has 1 aliphatic rings. The Hall–Kier alpha value is -4.97. The second kappa shape index (κ2) is 11.0. The Bertz CT molecular complexity index is 1620. The van der Waals surface area contributed by atoms with E-state index in [1.165, 1.54) is 11.0 Å². The minimum Gasteiger partial charge on any atom is -0.458 e. The van der Waals surface area contributed by atoms with Crippen LogP contribution in [0.4, 0.5) is 14.6 Å². The molecule has 7 nitrogen and oxygen atoms in total. The lowest BCUT2D eigenvalue weighted by Gasteiger charge is -2.31. The van der Waals surface area contributed by atoms with Crippen LogP contribution in [-0.4, -0.2) is 40.7 Å². The molecule has 0 unspecified atom stereocenters. The maximum absolute atomic E-state index is 13.5. The number of piperidine rings is 1. The molecule has 0 bridgehead atoms. The number of terminal acetylenes is 1. The highest BCUT2D eigenvalue weighted by Crippen LogP contribution is 2.31. The molecule has 1 aliphatic heterocycles. The van der Waals surface area contributed by atoms with Crippen LogP contribution in [0.3, 0.4) is 0 Å². The van der Waals surface area contributed by atoms with E-state index in [1.54, 1.807) is 48.7 Å². The number of benzene rings is 2. The number of furan rings is 1. The summed E-state index contributed by atoms with van der Waals surface area (Å²) in [4.78, 5) is 30.5. The van der Waals surface area contributed by atoms with Crippen molar-refractivity contribution in [3.05, 3.63) is 89.3 Å². The lowest BCUT2D eigenvalue weighted by Crippen LogP contribution is -2.42. The van der Waals surface area contributed by atoms with E-state index in [1.807, 2.05) is 18.2 Å². The van der Waals surface area contributed by atoms with Crippen LogP contribution in [0, 0.1) is 12.3 Å². The maximum atomic E-state index is 13.5. The fourth-order valence-corrected chi connectivity index (χ4v) is 4.51. The fourth-order valence-electron chi connectivity index (χ4n) is 4.51.